The van der Waals surface area contributed by atoms with Gasteiger partial charge in [0.25, 0.3) is 5.24 Å². The molecule has 0 heterocycles. The Bertz CT molecular complexity index is 400. The maximum Gasteiger partial charge on any atom is 0.338 e. The zero-order chi connectivity index (χ0) is 11.4. The molecule has 0 bridgehead atoms. The first kappa shape index (κ1) is 11.5. The quantitative estimate of drug-likeness (QED) is 0.585. The Labute approximate surface area is 91.7 Å². The van der Waals surface area contributed by atoms with Crippen LogP contribution in [0, 0.1) is 0 Å². The summed E-state index contributed by atoms with van der Waals surface area (Å²) in [5.41, 5.74) is 0.196. The van der Waals surface area contributed by atoms with E-state index in [2.05, 4.69) is 4.74 Å². The molecular formula is C10H9ClO4. The molecule has 15 heavy (non-hydrogen) atoms. The van der Waals surface area contributed by atoms with E-state index in [1.54, 1.807) is 6.07 Å². The second-order valence-corrected chi connectivity index (χ2v) is 3.02. The van der Waals surface area contributed by atoms with Crippen molar-refractivity contribution in [2.24, 2.45) is 0 Å². The molecular weight excluding hydrogens is 220 g/mol. The molecule has 0 aliphatic carbocycles. The third kappa shape index (κ3) is 2.47. The Morgan fingerprint density at radius 2 is 1.87 bits per heavy atom. The minimum atomic E-state index is -0.727. The first-order valence-corrected chi connectivity index (χ1v) is 4.44. The summed E-state index contributed by atoms with van der Waals surface area (Å²) < 4.78 is 9.42. The van der Waals surface area contributed by atoms with Crippen LogP contribution in [0.2, 0.25) is 0 Å². The van der Waals surface area contributed by atoms with E-state index in [1.807, 2.05) is 0 Å². The van der Waals surface area contributed by atoms with E-state index >= 15 is 0 Å². The lowest BCUT2D eigenvalue weighted by molar-refractivity contribution is 0.0598. The van der Waals surface area contributed by atoms with Crippen LogP contribution < -0.4 is 4.74 Å². The molecule has 0 fully saturated rings. The number of carbonyl (C=O) groups excluding carboxylic acids is 2. The third-order valence-corrected chi connectivity index (χ3v) is 2.05. The van der Waals surface area contributed by atoms with Gasteiger partial charge in [0.15, 0.2) is 0 Å². The highest BCUT2D eigenvalue weighted by Crippen LogP contribution is 2.20. The van der Waals surface area contributed by atoms with Gasteiger partial charge >= 0.3 is 5.97 Å². The summed E-state index contributed by atoms with van der Waals surface area (Å²) in [5, 5.41) is -0.727. The molecule has 80 valence electrons. The minimum absolute atomic E-state index is 0.0721. The molecule has 0 amide bonds. The number of hydrogen-bond acceptors (Lipinski definition) is 4. The van der Waals surface area contributed by atoms with Crippen molar-refractivity contribution in [3.63, 3.8) is 0 Å². The Morgan fingerprint density at radius 3 is 2.33 bits per heavy atom. The molecule has 0 saturated heterocycles. The van der Waals surface area contributed by atoms with Gasteiger partial charge in [-0.25, -0.2) is 4.79 Å². The number of carbonyl (C=O) groups is 2. The van der Waals surface area contributed by atoms with Crippen LogP contribution in [0.25, 0.3) is 0 Å². The van der Waals surface area contributed by atoms with Gasteiger partial charge in [0.1, 0.15) is 5.75 Å². The molecule has 0 radical (unpaired) electrons. The smallest absolute Gasteiger partial charge is 0.338 e. The highest BCUT2D eigenvalue weighted by atomic mass is 35.5. The summed E-state index contributed by atoms with van der Waals surface area (Å²) in [7, 11) is 2.69. The molecule has 1 aromatic carbocycles. The van der Waals surface area contributed by atoms with Gasteiger partial charge in [-0.2, -0.15) is 0 Å². The van der Waals surface area contributed by atoms with Crippen LogP contribution in [0.3, 0.4) is 0 Å². The molecule has 5 heteroatoms. The predicted molar refractivity (Wildman–Crippen MR) is 54.5 cm³/mol. The fourth-order valence-electron chi connectivity index (χ4n) is 1.10. The molecule has 0 aliphatic heterocycles. The fourth-order valence-corrected chi connectivity index (χ4v) is 1.26. The van der Waals surface area contributed by atoms with E-state index in [0.717, 1.165) is 0 Å². The molecule has 0 aromatic heterocycles. The molecule has 0 spiro atoms. The number of methoxy groups -OCH3 is 2. The molecule has 1 rings (SSSR count). The molecule has 1 aromatic rings. The summed E-state index contributed by atoms with van der Waals surface area (Å²) in [6, 6.07) is 4.37. The van der Waals surface area contributed by atoms with Gasteiger partial charge in [0.2, 0.25) is 0 Å². The molecule has 0 N–H and O–H groups in total. The molecule has 0 saturated carbocycles. The average Bonchev–Trinajstić information content (AvgIpc) is 2.27. The SMILES string of the molecule is COC(=O)c1ccc(OC)cc1C(=O)Cl. The highest BCUT2D eigenvalue weighted by molar-refractivity contribution is 6.68. The van der Waals surface area contributed by atoms with Gasteiger partial charge in [0.05, 0.1) is 25.3 Å². The number of rotatable bonds is 3. The maximum absolute atomic E-state index is 11.3. The van der Waals surface area contributed by atoms with Crippen LogP contribution in [0.15, 0.2) is 18.2 Å². The topological polar surface area (TPSA) is 52.6 Å². The lowest BCUT2D eigenvalue weighted by Gasteiger charge is -2.06. The van der Waals surface area contributed by atoms with Crippen molar-refractivity contribution in [2.75, 3.05) is 14.2 Å². The van der Waals surface area contributed by atoms with Gasteiger partial charge in [-0.3, -0.25) is 4.79 Å². The van der Waals surface area contributed by atoms with Crippen LogP contribution in [-0.4, -0.2) is 25.4 Å². The van der Waals surface area contributed by atoms with E-state index in [0.29, 0.717) is 5.75 Å². The number of hydrogen-bond donors (Lipinski definition) is 0. The van der Waals surface area contributed by atoms with Gasteiger partial charge in [-0.1, -0.05) is 0 Å². The van der Waals surface area contributed by atoms with E-state index in [9.17, 15) is 9.59 Å². The number of halogens is 1. The lowest BCUT2D eigenvalue weighted by atomic mass is 10.1. The highest BCUT2D eigenvalue weighted by Gasteiger charge is 2.16. The molecule has 4 nitrogen and oxygen atoms in total. The van der Waals surface area contributed by atoms with Crippen molar-refractivity contribution in [3.8, 4) is 5.75 Å². The van der Waals surface area contributed by atoms with E-state index in [4.69, 9.17) is 16.3 Å². The van der Waals surface area contributed by atoms with Crippen LogP contribution in [-0.2, 0) is 4.74 Å². The predicted octanol–water partition coefficient (Wildman–Crippen LogP) is 1.86. The standard InChI is InChI=1S/C10H9ClO4/c1-14-6-3-4-7(10(13)15-2)8(5-6)9(11)12/h3-5H,1-2H3. The van der Waals surface area contributed by atoms with Gasteiger partial charge in [0, 0.05) is 0 Å². The van der Waals surface area contributed by atoms with Crippen LogP contribution in [0.4, 0.5) is 0 Å². The Morgan fingerprint density at radius 1 is 1.20 bits per heavy atom. The summed E-state index contributed by atoms with van der Waals surface area (Å²) in [6.45, 7) is 0. The van der Waals surface area contributed by atoms with Crippen LogP contribution in [0.1, 0.15) is 20.7 Å². The molecule has 0 unspecified atom stereocenters. The maximum atomic E-state index is 11.3. The summed E-state index contributed by atoms with van der Waals surface area (Å²) in [6.07, 6.45) is 0. The van der Waals surface area contributed by atoms with Gasteiger partial charge in [-0.05, 0) is 29.8 Å². The van der Waals surface area contributed by atoms with Gasteiger partial charge < -0.3 is 9.47 Å². The summed E-state index contributed by atoms with van der Waals surface area (Å²) in [5.74, 6) is -0.159. The van der Waals surface area contributed by atoms with Crippen molar-refractivity contribution in [2.45, 2.75) is 0 Å². The number of ether oxygens (including phenoxy) is 2. The van der Waals surface area contributed by atoms with Crippen molar-refractivity contribution in [1.29, 1.82) is 0 Å². The van der Waals surface area contributed by atoms with Gasteiger partial charge in [-0.15, -0.1) is 0 Å². The van der Waals surface area contributed by atoms with Crippen molar-refractivity contribution >= 4 is 22.8 Å². The Balaban J connectivity index is 3.27. The second-order valence-electron chi connectivity index (χ2n) is 2.68. The monoisotopic (exact) mass is 228 g/mol. The molecule has 0 aliphatic rings. The lowest BCUT2D eigenvalue weighted by Crippen LogP contribution is -2.07. The van der Waals surface area contributed by atoms with Crippen molar-refractivity contribution in [1.82, 2.24) is 0 Å². The van der Waals surface area contributed by atoms with Crippen molar-refractivity contribution in [3.05, 3.63) is 29.3 Å². The first-order valence-electron chi connectivity index (χ1n) is 4.06. The van der Waals surface area contributed by atoms with Crippen LogP contribution >= 0.6 is 11.6 Å². The van der Waals surface area contributed by atoms with Crippen LogP contribution in [0.5, 0.6) is 5.75 Å². The average molecular weight is 229 g/mol. The van der Waals surface area contributed by atoms with E-state index in [1.165, 1.54) is 26.4 Å². The summed E-state index contributed by atoms with van der Waals surface area (Å²) in [4.78, 5) is 22.3. The minimum Gasteiger partial charge on any atom is -0.497 e. The normalized spacial score (nSPS) is 9.53. The fraction of sp³-hybridized carbons (Fsp3) is 0.200. The zero-order valence-corrected chi connectivity index (χ0v) is 9.00. The summed E-state index contributed by atoms with van der Waals surface area (Å²) >= 11 is 5.34. The van der Waals surface area contributed by atoms with E-state index in [-0.39, 0.29) is 11.1 Å². The largest absolute Gasteiger partial charge is 0.497 e. The second kappa shape index (κ2) is 4.79. The third-order valence-electron chi connectivity index (χ3n) is 1.84. The van der Waals surface area contributed by atoms with E-state index < -0.39 is 11.2 Å². The number of benzene rings is 1. The molecule has 0 atom stereocenters. The van der Waals surface area contributed by atoms with Crippen molar-refractivity contribution < 1.29 is 19.1 Å². The Hall–Kier alpha value is -1.55. The first-order chi connectivity index (χ1) is 7.10. The zero-order valence-electron chi connectivity index (χ0n) is 8.24. The Kier molecular flexibility index (Phi) is 3.68. The number of esters is 1.